The predicted octanol–water partition coefficient (Wildman–Crippen LogP) is 2.25. The number of fused-ring (bicyclic) bond motifs is 3. The van der Waals surface area contributed by atoms with Gasteiger partial charge in [-0.1, -0.05) is 6.92 Å². The van der Waals surface area contributed by atoms with Gasteiger partial charge in [0.15, 0.2) is 18.9 Å². The second-order valence-electron chi connectivity index (χ2n) is 10.7. The molecule has 0 aromatic carbocycles. The third-order valence-electron chi connectivity index (χ3n) is 8.28. The lowest BCUT2D eigenvalue weighted by Crippen LogP contribution is -2.61. The van der Waals surface area contributed by atoms with Crippen LogP contribution in [-0.4, -0.2) is 73.7 Å². The number of carbonyl (C=O) groups is 2. The maximum Gasteiger partial charge on any atom is 0.311 e. The predicted molar refractivity (Wildman–Crippen MR) is 118 cm³/mol. The smallest absolute Gasteiger partial charge is 0.311 e. The van der Waals surface area contributed by atoms with Crippen LogP contribution in [0.3, 0.4) is 0 Å². The molecule has 0 bridgehead atoms. The van der Waals surface area contributed by atoms with Crippen LogP contribution in [0.4, 0.5) is 0 Å². The van der Waals surface area contributed by atoms with Crippen molar-refractivity contribution < 1.29 is 47.9 Å². The molecule has 2 aliphatic carbocycles. The fourth-order valence-corrected chi connectivity index (χ4v) is 6.05. The fraction of sp³-hybridized carbons (Fsp3) is 0.920. The lowest BCUT2D eigenvalue weighted by molar-refractivity contribution is -0.333. The number of ether oxygens (including phenoxy) is 7. The molecule has 7 atom stereocenters. The maximum atomic E-state index is 12.5. The average molecular weight is 499 g/mol. The lowest BCUT2D eigenvalue weighted by Gasteiger charge is -2.44. The van der Waals surface area contributed by atoms with Gasteiger partial charge in [-0.05, 0) is 64.2 Å². The third kappa shape index (κ3) is 5.67. The van der Waals surface area contributed by atoms with Crippen LogP contribution in [0.2, 0.25) is 0 Å². The summed E-state index contributed by atoms with van der Waals surface area (Å²) >= 11 is 0. The Labute approximate surface area is 205 Å². The molecule has 0 amide bonds. The van der Waals surface area contributed by atoms with Crippen LogP contribution in [0.15, 0.2) is 0 Å². The van der Waals surface area contributed by atoms with Gasteiger partial charge in [-0.2, -0.15) is 0 Å². The first kappa shape index (κ1) is 25.4. The van der Waals surface area contributed by atoms with Crippen molar-refractivity contribution in [3.05, 3.63) is 0 Å². The lowest BCUT2D eigenvalue weighted by atomic mass is 9.81. The molecule has 0 aromatic rings. The van der Waals surface area contributed by atoms with E-state index in [-0.39, 0.29) is 48.9 Å². The molecule has 10 nitrogen and oxygen atoms in total. The van der Waals surface area contributed by atoms with E-state index in [0.717, 1.165) is 38.5 Å². The summed E-state index contributed by atoms with van der Waals surface area (Å²) in [6.07, 6.45) is 2.75. The third-order valence-corrected chi connectivity index (χ3v) is 8.28. The first-order valence-electron chi connectivity index (χ1n) is 13.1. The molecule has 198 valence electrons. The van der Waals surface area contributed by atoms with E-state index in [1.165, 1.54) is 0 Å². The topological polar surface area (TPSA) is 119 Å². The molecule has 5 rings (SSSR count). The highest BCUT2D eigenvalue weighted by atomic mass is 16.8. The monoisotopic (exact) mass is 498 g/mol. The van der Waals surface area contributed by atoms with Crippen LogP contribution >= 0.6 is 0 Å². The van der Waals surface area contributed by atoms with Gasteiger partial charge in [0.2, 0.25) is 6.79 Å². The number of hydrogen-bond donors (Lipinski definition) is 1. The van der Waals surface area contributed by atoms with Crippen molar-refractivity contribution in [2.45, 2.75) is 108 Å². The van der Waals surface area contributed by atoms with Crippen molar-refractivity contribution in [1.82, 2.24) is 0 Å². The van der Waals surface area contributed by atoms with Crippen LogP contribution in [0.5, 0.6) is 0 Å². The quantitative estimate of drug-likeness (QED) is 0.446. The molecular formula is C25H38O10. The number of carbonyl (C=O) groups excluding carboxylic acids is 2. The number of rotatable bonds is 5. The Balaban J connectivity index is 1.04. The summed E-state index contributed by atoms with van der Waals surface area (Å²) in [6, 6.07) is 0. The van der Waals surface area contributed by atoms with Crippen LogP contribution in [0, 0.1) is 23.7 Å². The number of esters is 2. The highest BCUT2D eigenvalue weighted by Crippen LogP contribution is 2.41. The molecule has 0 aromatic heterocycles. The van der Waals surface area contributed by atoms with E-state index in [1.807, 2.05) is 6.92 Å². The number of aliphatic hydroxyl groups excluding tert-OH is 1. The highest BCUT2D eigenvalue weighted by molar-refractivity contribution is 5.74. The number of hydrogen-bond acceptors (Lipinski definition) is 10. The van der Waals surface area contributed by atoms with Gasteiger partial charge in [0.25, 0.3) is 0 Å². The van der Waals surface area contributed by atoms with E-state index in [9.17, 15) is 14.7 Å². The maximum absolute atomic E-state index is 12.5. The van der Waals surface area contributed by atoms with Gasteiger partial charge in [-0.15, -0.1) is 0 Å². The molecule has 0 spiro atoms. The van der Waals surface area contributed by atoms with Crippen LogP contribution < -0.4 is 0 Å². The first-order valence-corrected chi connectivity index (χ1v) is 13.1. The Morgan fingerprint density at radius 2 is 1.37 bits per heavy atom. The molecule has 5 aliphatic rings. The summed E-state index contributed by atoms with van der Waals surface area (Å²) in [5.41, 5.74) is 0. The first-order chi connectivity index (χ1) is 16.9. The van der Waals surface area contributed by atoms with Gasteiger partial charge in [0.1, 0.15) is 24.4 Å². The van der Waals surface area contributed by atoms with Gasteiger partial charge in [-0.25, -0.2) is 0 Å². The fourth-order valence-electron chi connectivity index (χ4n) is 6.05. The van der Waals surface area contributed by atoms with Crippen molar-refractivity contribution in [3.63, 3.8) is 0 Å². The van der Waals surface area contributed by atoms with Crippen LogP contribution in [0.1, 0.15) is 65.2 Å². The minimum atomic E-state index is -1.10. The molecule has 3 heterocycles. The van der Waals surface area contributed by atoms with Gasteiger partial charge in [-0.3, -0.25) is 9.59 Å². The summed E-state index contributed by atoms with van der Waals surface area (Å²) < 4.78 is 39.8. The SMILES string of the molecule is CC1CCC(C(=O)OCOC(=O)C2CCC(C3OC4C(O)OC5COC(C)OC5C4O3)CC2)CC1. The van der Waals surface area contributed by atoms with Crippen molar-refractivity contribution >= 4 is 11.9 Å². The van der Waals surface area contributed by atoms with E-state index in [1.54, 1.807) is 0 Å². The van der Waals surface area contributed by atoms with Gasteiger partial charge < -0.3 is 38.3 Å². The molecule has 0 radical (unpaired) electrons. The summed E-state index contributed by atoms with van der Waals surface area (Å²) in [5, 5.41) is 10.4. The van der Waals surface area contributed by atoms with E-state index >= 15 is 0 Å². The zero-order valence-electron chi connectivity index (χ0n) is 20.5. The molecule has 5 fully saturated rings. The Morgan fingerprint density at radius 3 is 2.03 bits per heavy atom. The summed E-state index contributed by atoms with van der Waals surface area (Å²) in [5.74, 6) is -0.149. The van der Waals surface area contributed by atoms with Crippen molar-refractivity contribution in [3.8, 4) is 0 Å². The Hall–Kier alpha value is -1.30. The Bertz CT molecular complexity index is 745. The summed E-state index contributed by atoms with van der Waals surface area (Å²) in [4.78, 5) is 24.7. The van der Waals surface area contributed by atoms with Crippen LogP contribution in [0.25, 0.3) is 0 Å². The molecule has 1 N–H and O–H groups in total. The average Bonchev–Trinajstić information content (AvgIpc) is 3.32. The molecule has 3 saturated heterocycles. The standard InChI is InChI=1S/C25H38O10/c1-13-3-5-15(6-4-13)22(26)30-12-31-23(27)16-7-9-17(10-8-16)25-34-20-19-18(11-29-14(2)32-19)33-24(28)21(20)35-25/h13-21,24-25,28H,3-12H2,1-2H3. The Morgan fingerprint density at radius 1 is 0.771 bits per heavy atom. The number of aliphatic hydroxyl groups is 1. The summed E-state index contributed by atoms with van der Waals surface area (Å²) in [6.45, 7) is 4.04. The molecular weight excluding hydrogens is 460 g/mol. The van der Waals surface area contributed by atoms with E-state index in [0.29, 0.717) is 25.4 Å². The molecule has 35 heavy (non-hydrogen) atoms. The van der Waals surface area contributed by atoms with Crippen molar-refractivity contribution in [2.24, 2.45) is 23.7 Å². The zero-order chi connectivity index (χ0) is 24.5. The van der Waals surface area contributed by atoms with E-state index < -0.39 is 30.9 Å². The zero-order valence-corrected chi connectivity index (χ0v) is 20.5. The highest BCUT2D eigenvalue weighted by Gasteiger charge is 2.56. The Kier molecular flexibility index (Phi) is 7.96. The summed E-state index contributed by atoms with van der Waals surface area (Å²) in [7, 11) is 0. The van der Waals surface area contributed by atoms with E-state index in [4.69, 9.17) is 33.2 Å². The molecule has 7 unspecified atom stereocenters. The second kappa shape index (κ2) is 11.0. The van der Waals surface area contributed by atoms with Crippen LogP contribution in [-0.2, 0) is 42.7 Å². The van der Waals surface area contributed by atoms with Gasteiger partial charge in [0, 0.05) is 5.92 Å². The molecule has 2 saturated carbocycles. The van der Waals surface area contributed by atoms with Crippen molar-refractivity contribution in [1.29, 1.82) is 0 Å². The van der Waals surface area contributed by atoms with Gasteiger partial charge in [0.05, 0.1) is 18.4 Å². The normalized spacial score (nSPS) is 45.7. The molecule has 10 heteroatoms. The van der Waals surface area contributed by atoms with Crippen molar-refractivity contribution in [2.75, 3.05) is 13.4 Å². The largest absolute Gasteiger partial charge is 0.428 e. The second-order valence-corrected chi connectivity index (χ2v) is 10.7. The molecule has 3 aliphatic heterocycles. The van der Waals surface area contributed by atoms with Gasteiger partial charge >= 0.3 is 11.9 Å². The minimum Gasteiger partial charge on any atom is -0.428 e. The minimum absolute atomic E-state index is 0.0793. The van der Waals surface area contributed by atoms with E-state index in [2.05, 4.69) is 6.92 Å².